The van der Waals surface area contributed by atoms with E-state index in [1.54, 1.807) is 18.3 Å². The van der Waals surface area contributed by atoms with Gasteiger partial charge in [0.1, 0.15) is 11.5 Å². The molecule has 26 heavy (non-hydrogen) atoms. The SMILES string of the molecule is O=[N+]([O-])c1ccc(Oc2ccc(-c3ccccc3)cc2)c2ccncc12. The number of benzene rings is 3. The Hall–Kier alpha value is -3.73. The number of non-ortho nitro benzene ring substituents is 1. The quantitative estimate of drug-likeness (QED) is 0.357. The fourth-order valence-electron chi connectivity index (χ4n) is 2.87. The molecule has 5 heteroatoms. The van der Waals surface area contributed by atoms with E-state index in [2.05, 4.69) is 4.98 Å². The van der Waals surface area contributed by atoms with Gasteiger partial charge < -0.3 is 4.74 Å². The van der Waals surface area contributed by atoms with Crippen molar-refractivity contribution in [2.24, 2.45) is 0 Å². The van der Waals surface area contributed by atoms with Gasteiger partial charge in [-0.15, -0.1) is 0 Å². The molecule has 5 nitrogen and oxygen atoms in total. The number of rotatable bonds is 4. The zero-order valence-corrected chi connectivity index (χ0v) is 13.7. The number of nitro benzene ring substituents is 1. The Kier molecular flexibility index (Phi) is 4.03. The Labute approximate surface area is 149 Å². The van der Waals surface area contributed by atoms with Crippen molar-refractivity contribution in [2.75, 3.05) is 0 Å². The van der Waals surface area contributed by atoms with E-state index in [4.69, 9.17) is 4.74 Å². The highest BCUT2D eigenvalue weighted by Gasteiger charge is 2.15. The molecule has 3 aromatic carbocycles. The summed E-state index contributed by atoms with van der Waals surface area (Å²) in [5.41, 5.74) is 2.24. The maximum Gasteiger partial charge on any atom is 0.279 e. The van der Waals surface area contributed by atoms with E-state index in [0.717, 1.165) is 11.1 Å². The summed E-state index contributed by atoms with van der Waals surface area (Å²) >= 11 is 0. The van der Waals surface area contributed by atoms with Crippen molar-refractivity contribution in [2.45, 2.75) is 0 Å². The summed E-state index contributed by atoms with van der Waals surface area (Å²) in [5, 5.41) is 12.3. The van der Waals surface area contributed by atoms with Crippen LogP contribution in [0.25, 0.3) is 21.9 Å². The number of aromatic nitrogens is 1. The first-order valence-corrected chi connectivity index (χ1v) is 8.07. The van der Waals surface area contributed by atoms with Crippen LogP contribution in [0.1, 0.15) is 0 Å². The van der Waals surface area contributed by atoms with Crippen molar-refractivity contribution in [3.63, 3.8) is 0 Å². The molecule has 0 spiro atoms. The van der Waals surface area contributed by atoms with Crippen molar-refractivity contribution in [3.8, 4) is 22.6 Å². The lowest BCUT2D eigenvalue weighted by molar-refractivity contribution is -0.383. The van der Waals surface area contributed by atoms with Gasteiger partial charge in [-0.05, 0) is 35.4 Å². The Morgan fingerprint density at radius 2 is 1.54 bits per heavy atom. The van der Waals surface area contributed by atoms with Crippen molar-refractivity contribution in [3.05, 3.63) is 95.3 Å². The highest BCUT2D eigenvalue weighted by Crippen LogP contribution is 2.35. The molecule has 0 atom stereocenters. The molecule has 1 aromatic heterocycles. The molecular formula is C21H14N2O3. The maximum atomic E-state index is 11.2. The summed E-state index contributed by atoms with van der Waals surface area (Å²) in [6.07, 6.45) is 3.08. The van der Waals surface area contributed by atoms with Gasteiger partial charge >= 0.3 is 0 Å². The molecular weight excluding hydrogens is 328 g/mol. The predicted octanol–water partition coefficient (Wildman–Crippen LogP) is 5.60. The lowest BCUT2D eigenvalue weighted by atomic mass is 10.1. The molecule has 0 N–H and O–H groups in total. The van der Waals surface area contributed by atoms with Crippen LogP contribution >= 0.6 is 0 Å². The van der Waals surface area contributed by atoms with E-state index in [0.29, 0.717) is 22.3 Å². The highest BCUT2D eigenvalue weighted by atomic mass is 16.6. The fraction of sp³-hybridized carbons (Fsp3) is 0. The molecule has 0 saturated heterocycles. The number of hydrogen-bond donors (Lipinski definition) is 0. The fourth-order valence-corrected chi connectivity index (χ4v) is 2.87. The molecule has 126 valence electrons. The Balaban J connectivity index is 1.68. The van der Waals surface area contributed by atoms with Crippen LogP contribution < -0.4 is 4.74 Å². The van der Waals surface area contributed by atoms with Crippen molar-refractivity contribution >= 4 is 16.5 Å². The molecule has 0 amide bonds. The van der Waals surface area contributed by atoms with Gasteiger partial charge in [-0.2, -0.15) is 0 Å². The number of nitro groups is 1. The third kappa shape index (κ3) is 2.98. The topological polar surface area (TPSA) is 65.3 Å². The van der Waals surface area contributed by atoms with Gasteiger partial charge in [0, 0.05) is 23.8 Å². The molecule has 0 fully saturated rings. The van der Waals surface area contributed by atoms with Crippen LogP contribution in [-0.2, 0) is 0 Å². The summed E-state index contributed by atoms with van der Waals surface area (Å²) in [5.74, 6) is 1.22. The highest BCUT2D eigenvalue weighted by molar-refractivity contribution is 5.94. The van der Waals surface area contributed by atoms with Gasteiger partial charge in [-0.25, -0.2) is 0 Å². The first-order chi connectivity index (χ1) is 12.7. The van der Waals surface area contributed by atoms with Crippen molar-refractivity contribution in [1.82, 2.24) is 4.98 Å². The second kappa shape index (κ2) is 6.64. The predicted molar refractivity (Wildman–Crippen MR) is 100 cm³/mol. The summed E-state index contributed by atoms with van der Waals surface area (Å²) < 4.78 is 5.97. The first kappa shape index (κ1) is 15.8. The molecule has 0 aliphatic heterocycles. The van der Waals surface area contributed by atoms with Crippen LogP contribution in [-0.4, -0.2) is 9.91 Å². The van der Waals surface area contributed by atoms with Crippen LogP contribution in [0.4, 0.5) is 5.69 Å². The molecule has 4 rings (SSSR count). The van der Waals surface area contributed by atoms with E-state index in [9.17, 15) is 10.1 Å². The van der Waals surface area contributed by atoms with E-state index < -0.39 is 4.92 Å². The standard InChI is InChI=1S/C21H14N2O3/c24-23(25)20-10-11-21(18-12-13-22-14-19(18)20)26-17-8-6-16(7-9-17)15-4-2-1-3-5-15/h1-14H. The van der Waals surface area contributed by atoms with Gasteiger partial charge in [0.05, 0.1) is 10.3 Å². The molecule has 0 saturated carbocycles. The van der Waals surface area contributed by atoms with Crippen LogP contribution in [0, 0.1) is 10.1 Å². The zero-order valence-electron chi connectivity index (χ0n) is 13.7. The lowest BCUT2D eigenvalue weighted by Gasteiger charge is -2.10. The number of nitrogens with zero attached hydrogens (tertiary/aromatic N) is 2. The lowest BCUT2D eigenvalue weighted by Crippen LogP contribution is -1.92. The van der Waals surface area contributed by atoms with Gasteiger partial charge in [-0.1, -0.05) is 42.5 Å². The van der Waals surface area contributed by atoms with Crippen LogP contribution in [0.15, 0.2) is 85.2 Å². The third-order valence-electron chi connectivity index (χ3n) is 4.14. The second-order valence-corrected chi connectivity index (χ2v) is 5.75. The van der Waals surface area contributed by atoms with E-state index >= 15 is 0 Å². The first-order valence-electron chi connectivity index (χ1n) is 8.07. The van der Waals surface area contributed by atoms with E-state index in [-0.39, 0.29) is 5.69 Å². The summed E-state index contributed by atoms with van der Waals surface area (Å²) in [4.78, 5) is 14.8. The number of ether oxygens (including phenoxy) is 1. The minimum Gasteiger partial charge on any atom is -0.457 e. The number of hydrogen-bond acceptors (Lipinski definition) is 4. The number of pyridine rings is 1. The van der Waals surface area contributed by atoms with E-state index in [1.165, 1.54) is 12.3 Å². The maximum absolute atomic E-state index is 11.2. The Bertz CT molecular complexity index is 1080. The second-order valence-electron chi connectivity index (χ2n) is 5.75. The van der Waals surface area contributed by atoms with Gasteiger partial charge in [0.15, 0.2) is 0 Å². The summed E-state index contributed by atoms with van der Waals surface area (Å²) in [6, 6.07) is 22.6. The molecule has 0 unspecified atom stereocenters. The molecule has 0 aliphatic carbocycles. The minimum atomic E-state index is -0.414. The third-order valence-corrected chi connectivity index (χ3v) is 4.14. The van der Waals surface area contributed by atoms with Gasteiger partial charge in [0.25, 0.3) is 5.69 Å². The zero-order chi connectivity index (χ0) is 17.9. The van der Waals surface area contributed by atoms with Crippen molar-refractivity contribution < 1.29 is 9.66 Å². The van der Waals surface area contributed by atoms with Crippen LogP contribution in [0.5, 0.6) is 11.5 Å². The molecule has 0 radical (unpaired) electrons. The minimum absolute atomic E-state index is 0.0138. The van der Waals surface area contributed by atoms with Gasteiger partial charge in [0.2, 0.25) is 0 Å². The summed E-state index contributed by atoms with van der Waals surface area (Å²) in [6.45, 7) is 0. The molecule has 4 aromatic rings. The summed E-state index contributed by atoms with van der Waals surface area (Å²) in [7, 11) is 0. The van der Waals surface area contributed by atoms with Crippen molar-refractivity contribution in [1.29, 1.82) is 0 Å². The van der Waals surface area contributed by atoms with Crippen LogP contribution in [0.2, 0.25) is 0 Å². The largest absolute Gasteiger partial charge is 0.457 e. The van der Waals surface area contributed by atoms with Crippen LogP contribution in [0.3, 0.4) is 0 Å². The number of fused-ring (bicyclic) bond motifs is 1. The Morgan fingerprint density at radius 3 is 2.27 bits per heavy atom. The Morgan fingerprint density at radius 1 is 0.808 bits per heavy atom. The van der Waals surface area contributed by atoms with Gasteiger partial charge in [-0.3, -0.25) is 15.1 Å². The molecule has 0 bridgehead atoms. The normalized spacial score (nSPS) is 10.6. The van der Waals surface area contributed by atoms with E-state index in [1.807, 2.05) is 54.6 Å². The monoisotopic (exact) mass is 342 g/mol. The molecule has 0 aliphatic rings. The molecule has 1 heterocycles. The average molecular weight is 342 g/mol. The smallest absolute Gasteiger partial charge is 0.279 e. The average Bonchev–Trinajstić information content (AvgIpc) is 2.69.